The van der Waals surface area contributed by atoms with Crippen molar-refractivity contribution in [2.24, 2.45) is 0 Å². The predicted molar refractivity (Wildman–Crippen MR) is 87.6 cm³/mol. The van der Waals surface area contributed by atoms with Crippen LogP contribution in [-0.2, 0) is 9.53 Å². The number of nitrogens with zero attached hydrogens (tertiary/aromatic N) is 1. The largest absolute Gasteiger partial charge is 0.480 e. The van der Waals surface area contributed by atoms with Gasteiger partial charge in [0.1, 0.15) is 0 Å². The number of carbonyl (C=O) groups excluding carboxylic acids is 1. The van der Waals surface area contributed by atoms with Gasteiger partial charge in [-0.1, -0.05) is 12.1 Å². The van der Waals surface area contributed by atoms with Crippen LogP contribution in [0.1, 0.15) is 50.0 Å². The molecule has 2 fully saturated rings. The number of para-hydroxylation sites is 1. The van der Waals surface area contributed by atoms with Crippen LogP contribution in [0, 0.1) is 5.82 Å². The summed E-state index contributed by atoms with van der Waals surface area (Å²) in [6.07, 6.45) is 6.17. The Labute approximate surface area is 141 Å². The molecule has 0 unspecified atom stereocenters. The van der Waals surface area contributed by atoms with Gasteiger partial charge in [0.2, 0.25) is 0 Å². The van der Waals surface area contributed by atoms with Gasteiger partial charge in [0.05, 0.1) is 18.8 Å². The molecule has 5 heteroatoms. The Hall–Kier alpha value is -1.62. The Morgan fingerprint density at radius 3 is 2.79 bits per heavy atom. The van der Waals surface area contributed by atoms with Crippen LogP contribution in [0.15, 0.2) is 18.2 Å². The quantitative estimate of drug-likeness (QED) is 0.731. The lowest BCUT2D eigenvalue weighted by Crippen LogP contribution is -2.41. The fourth-order valence-electron chi connectivity index (χ4n) is 4.34. The Bertz CT molecular complexity index is 613. The van der Waals surface area contributed by atoms with E-state index in [2.05, 4.69) is 0 Å². The standard InChI is InChI=1S/C19H24FNO3/c20-17-5-1-4-16-13-6-8-15(9-7-13)23-11-14-3-2-10-21(14)18(22)12-24-19(16)17/h1,4-5,13-15H,2-3,6-12H2/t13?,14-,15?/m1/s1. The third-order valence-electron chi connectivity index (χ3n) is 5.67. The fraction of sp³-hybridized carbons (Fsp3) is 0.632. The van der Waals surface area contributed by atoms with Gasteiger partial charge in [-0.3, -0.25) is 4.79 Å². The summed E-state index contributed by atoms with van der Waals surface area (Å²) < 4.78 is 26.1. The van der Waals surface area contributed by atoms with Crippen LogP contribution in [-0.4, -0.2) is 42.7 Å². The molecule has 1 atom stereocenters. The molecule has 0 radical (unpaired) electrons. The van der Waals surface area contributed by atoms with Gasteiger partial charge in [0.15, 0.2) is 18.2 Å². The molecule has 0 N–H and O–H groups in total. The van der Waals surface area contributed by atoms with Crippen LogP contribution in [0.5, 0.6) is 5.75 Å². The van der Waals surface area contributed by atoms with Crippen molar-refractivity contribution in [3.8, 4) is 5.75 Å². The van der Waals surface area contributed by atoms with Crippen LogP contribution >= 0.6 is 0 Å². The summed E-state index contributed by atoms with van der Waals surface area (Å²) in [4.78, 5) is 14.4. The van der Waals surface area contributed by atoms with Crippen molar-refractivity contribution in [1.29, 1.82) is 0 Å². The van der Waals surface area contributed by atoms with Gasteiger partial charge in [-0.15, -0.1) is 0 Å². The lowest BCUT2D eigenvalue weighted by Gasteiger charge is -2.30. The molecule has 1 aromatic rings. The topological polar surface area (TPSA) is 38.8 Å². The van der Waals surface area contributed by atoms with E-state index in [0.29, 0.717) is 6.61 Å². The number of rotatable bonds is 0. The van der Waals surface area contributed by atoms with E-state index in [1.165, 1.54) is 6.07 Å². The average molecular weight is 333 g/mol. The molecular formula is C19H24FNO3. The van der Waals surface area contributed by atoms with Gasteiger partial charge < -0.3 is 14.4 Å². The highest BCUT2D eigenvalue weighted by atomic mass is 19.1. The lowest BCUT2D eigenvalue weighted by atomic mass is 9.82. The summed E-state index contributed by atoms with van der Waals surface area (Å²) in [7, 11) is 0. The highest BCUT2D eigenvalue weighted by Crippen LogP contribution is 2.40. The van der Waals surface area contributed by atoms with Crippen molar-refractivity contribution < 1.29 is 18.7 Å². The SMILES string of the molecule is O=C1COc2c(F)cccc2C2CCC(CC2)OC[C@H]2CCCN12. The first-order valence-electron chi connectivity index (χ1n) is 9.04. The normalized spacial score (nSPS) is 30.6. The maximum atomic E-state index is 14.3. The van der Waals surface area contributed by atoms with Gasteiger partial charge in [-0.2, -0.15) is 0 Å². The minimum atomic E-state index is -0.369. The van der Waals surface area contributed by atoms with Crippen molar-refractivity contribution >= 4 is 5.91 Å². The summed E-state index contributed by atoms with van der Waals surface area (Å²) >= 11 is 0. The molecular weight excluding hydrogens is 309 g/mol. The van der Waals surface area contributed by atoms with Crippen LogP contribution < -0.4 is 4.74 Å². The predicted octanol–water partition coefficient (Wildman–Crippen LogP) is 3.25. The Morgan fingerprint density at radius 1 is 1.12 bits per heavy atom. The zero-order chi connectivity index (χ0) is 16.5. The van der Waals surface area contributed by atoms with E-state index < -0.39 is 0 Å². The summed E-state index contributed by atoms with van der Waals surface area (Å²) in [6, 6.07) is 5.22. The van der Waals surface area contributed by atoms with Crippen molar-refractivity contribution in [1.82, 2.24) is 4.90 Å². The molecule has 3 aliphatic heterocycles. The van der Waals surface area contributed by atoms with Gasteiger partial charge in [0.25, 0.3) is 5.91 Å². The molecule has 1 saturated carbocycles. The molecule has 0 aromatic heterocycles. The van der Waals surface area contributed by atoms with Gasteiger partial charge in [0, 0.05) is 12.1 Å². The first-order valence-corrected chi connectivity index (χ1v) is 9.04. The maximum Gasteiger partial charge on any atom is 0.260 e. The minimum absolute atomic E-state index is 0.0677. The number of carbonyl (C=O) groups is 1. The number of benzene rings is 1. The summed E-state index contributed by atoms with van der Waals surface area (Å²) in [5, 5.41) is 0. The molecule has 4 aliphatic rings. The molecule has 0 spiro atoms. The molecule has 3 heterocycles. The molecule has 1 saturated heterocycles. The molecule has 1 amide bonds. The fourth-order valence-corrected chi connectivity index (χ4v) is 4.34. The monoisotopic (exact) mass is 333 g/mol. The third-order valence-corrected chi connectivity index (χ3v) is 5.67. The molecule has 5 rings (SSSR count). The molecule has 130 valence electrons. The van der Waals surface area contributed by atoms with E-state index in [1.807, 2.05) is 11.0 Å². The van der Waals surface area contributed by atoms with Gasteiger partial charge >= 0.3 is 0 Å². The molecule has 2 bridgehead atoms. The van der Waals surface area contributed by atoms with Crippen molar-refractivity contribution in [2.75, 3.05) is 19.8 Å². The zero-order valence-corrected chi connectivity index (χ0v) is 13.9. The minimum Gasteiger partial charge on any atom is -0.480 e. The van der Waals surface area contributed by atoms with E-state index in [-0.39, 0.29) is 42.1 Å². The number of ether oxygens (including phenoxy) is 2. The Kier molecular flexibility index (Phi) is 4.44. The van der Waals surface area contributed by atoms with Crippen molar-refractivity contribution in [3.63, 3.8) is 0 Å². The first-order chi connectivity index (χ1) is 11.7. The third kappa shape index (κ3) is 3.02. The number of fused-ring (bicyclic) bond motifs is 5. The highest BCUT2D eigenvalue weighted by molar-refractivity contribution is 5.78. The van der Waals surface area contributed by atoms with Crippen LogP contribution in [0.25, 0.3) is 0 Å². The van der Waals surface area contributed by atoms with Crippen LogP contribution in [0.3, 0.4) is 0 Å². The van der Waals surface area contributed by atoms with E-state index in [0.717, 1.165) is 50.6 Å². The van der Waals surface area contributed by atoms with Gasteiger partial charge in [-0.05, 0) is 50.5 Å². The highest BCUT2D eigenvalue weighted by Gasteiger charge is 2.32. The summed E-state index contributed by atoms with van der Waals surface area (Å²) in [5.74, 6) is 0.116. The summed E-state index contributed by atoms with van der Waals surface area (Å²) in [6.45, 7) is 1.26. The Morgan fingerprint density at radius 2 is 1.96 bits per heavy atom. The van der Waals surface area contributed by atoms with E-state index >= 15 is 0 Å². The maximum absolute atomic E-state index is 14.3. The second-order valence-corrected chi connectivity index (χ2v) is 7.14. The average Bonchev–Trinajstić information content (AvgIpc) is 3.07. The lowest BCUT2D eigenvalue weighted by molar-refractivity contribution is -0.135. The van der Waals surface area contributed by atoms with Gasteiger partial charge in [-0.25, -0.2) is 4.39 Å². The molecule has 1 aromatic carbocycles. The van der Waals surface area contributed by atoms with Crippen molar-refractivity contribution in [3.05, 3.63) is 29.6 Å². The van der Waals surface area contributed by atoms with E-state index in [9.17, 15) is 9.18 Å². The second-order valence-electron chi connectivity index (χ2n) is 7.14. The number of halogens is 1. The first kappa shape index (κ1) is 15.9. The molecule has 1 aliphatic carbocycles. The summed E-state index contributed by atoms with van der Waals surface area (Å²) in [5.41, 5.74) is 0.901. The number of hydrogen-bond donors (Lipinski definition) is 0. The molecule has 24 heavy (non-hydrogen) atoms. The van der Waals surface area contributed by atoms with Crippen LogP contribution in [0.2, 0.25) is 0 Å². The van der Waals surface area contributed by atoms with Crippen molar-refractivity contribution in [2.45, 2.75) is 56.6 Å². The van der Waals surface area contributed by atoms with Crippen LogP contribution in [0.4, 0.5) is 4.39 Å². The molecule has 4 nitrogen and oxygen atoms in total. The number of hydrogen-bond acceptors (Lipinski definition) is 3. The zero-order valence-electron chi connectivity index (χ0n) is 13.9. The Balaban J connectivity index is 1.64. The number of amides is 1. The smallest absolute Gasteiger partial charge is 0.260 e. The van der Waals surface area contributed by atoms with E-state index in [4.69, 9.17) is 9.47 Å². The van der Waals surface area contributed by atoms with E-state index in [1.54, 1.807) is 6.07 Å². The second kappa shape index (κ2) is 6.71.